The highest BCUT2D eigenvalue weighted by Crippen LogP contribution is 2.31. The number of nitrogens with two attached hydrogens (primary N) is 1. The van der Waals surface area contributed by atoms with Crippen molar-refractivity contribution in [3.8, 4) is 0 Å². The predicted molar refractivity (Wildman–Crippen MR) is 88.1 cm³/mol. The molecule has 0 atom stereocenters. The van der Waals surface area contributed by atoms with Crippen LogP contribution < -0.4 is 10.6 Å². The third-order valence-corrected chi connectivity index (χ3v) is 4.16. The maximum atomic E-state index is 6.37. The molecule has 20 heavy (non-hydrogen) atoms. The van der Waals surface area contributed by atoms with Gasteiger partial charge in [-0.05, 0) is 37.1 Å². The zero-order chi connectivity index (χ0) is 14.5. The summed E-state index contributed by atoms with van der Waals surface area (Å²) in [5, 5.41) is 1.05. The second-order valence-electron chi connectivity index (χ2n) is 5.29. The van der Waals surface area contributed by atoms with Crippen LogP contribution in [0.15, 0.2) is 30.5 Å². The van der Waals surface area contributed by atoms with Crippen LogP contribution in [0.2, 0.25) is 0 Å². The van der Waals surface area contributed by atoms with Crippen molar-refractivity contribution in [1.82, 2.24) is 4.98 Å². The monoisotopic (exact) mass is 271 g/mol. The summed E-state index contributed by atoms with van der Waals surface area (Å²) in [6.45, 7) is 8.76. The van der Waals surface area contributed by atoms with Gasteiger partial charge in [0.05, 0.1) is 16.9 Å². The number of hydrogen-bond acceptors (Lipinski definition) is 3. The minimum absolute atomic E-state index is 0.721. The summed E-state index contributed by atoms with van der Waals surface area (Å²) < 4.78 is 0. The van der Waals surface area contributed by atoms with Gasteiger partial charge in [0.15, 0.2) is 0 Å². The first-order chi connectivity index (χ1) is 9.71. The van der Waals surface area contributed by atoms with Gasteiger partial charge in [-0.3, -0.25) is 4.98 Å². The molecule has 2 aromatic rings. The molecule has 2 N–H and O–H groups in total. The molecule has 0 saturated carbocycles. The average molecular weight is 271 g/mol. The zero-order valence-electron chi connectivity index (χ0n) is 12.8. The van der Waals surface area contributed by atoms with E-state index in [0.29, 0.717) is 0 Å². The zero-order valence-corrected chi connectivity index (χ0v) is 12.8. The Bertz CT molecular complexity index is 561. The molecule has 0 unspecified atom stereocenters. The maximum absolute atomic E-state index is 6.37. The summed E-state index contributed by atoms with van der Waals surface area (Å²) in [6.07, 6.45) is 4.23. The van der Waals surface area contributed by atoms with Crippen LogP contribution in [0.5, 0.6) is 0 Å². The van der Waals surface area contributed by atoms with Crippen molar-refractivity contribution in [1.29, 1.82) is 0 Å². The topological polar surface area (TPSA) is 42.2 Å². The third kappa shape index (κ3) is 2.87. The molecular formula is C17H25N3. The second-order valence-corrected chi connectivity index (χ2v) is 5.29. The van der Waals surface area contributed by atoms with Gasteiger partial charge in [-0.15, -0.1) is 0 Å². The Hall–Kier alpha value is -1.77. The van der Waals surface area contributed by atoms with Crippen molar-refractivity contribution in [2.24, 2.45) is 5.92 Å². The summed E-state index contributed by atoms with van der Waals surface area (Å²) in [6, 6.07) is 8.17. The van der Waals surface area contributed by atoms with Crippen molar-refractivity contribution in [2.75, 3.05) is 23.7 Å². The van der Waals surface area contributed by atoms with E-state index in [4.69, 9.17) is 5.73 Å². The molecule has 0 saturated heterocycles. The SMILES string of the molecule is CCC(CC)CN(CC)c1ccc2ncccc2c1N. The minimum atomic E-state index is 0.721. The molecule has 0 fully saturated rings. The Balaban J connectivity index is 2.37. The van der Waals surface area contributed by atoms with Crippen LogP contribution in [0.1, 0.15) is 33.6 Å². The molecular weight excluding hydrogens is 246 g/mol. The molecule has 1 aromatic heterocycles. The number of nitrogens with zero attached hydrogens (tertiary/aromatic N) is 2. The Morgan fingerprint density at radius 2 is 1.90 bits per heavy atom. The van der Waals surface area contributed by atoms with E-state index < -0.39 is 0 Å². The van der Waals surface area contributed by atoms with E-state index in [1.807, 2.05) is 18.3 Å². The molecule has 1 heterocycles. The number of aromatic nitrogens is 1. The lowest BCUT2D eigenvalue weighted by atomic mass is 10.0. The molecule has 0 aliphatic heterocycles. The number of hydrogen-bond donors (Lipinski definition) is 1. The lowest BCUT2D eigenvalue weighted by Gasteiger charge is -2.29. The Morgan fingerprint density at radius 3 is 2.55 bits per heavy atom. The average Bonchev–Trinajstić information content (AvgIpc) is 2.50. The Morgan fingerprint density at radius 1 is 1.15 bits per heavy atom. The first-order valence-electron chi connectivity index (χ1n) is 7.59. The van der Waals surface area contributed by atoms with Crippen LogP contribution in [-0.2, 0) is 0 Å². The predicted octanol–water partition coefficient (Wildman–Crippen LogP) is 4.08. The number of benzene rings is 1. The summed E-state index contributed by atoms with van der Waals surface area (Å²) in [5.74, 6) is 0.721. The van der Waals surface area contributed by atoms with Gasteiger partial charge in [0.25, 0.3) is 0 Å². The van der Waals surface area contributed by atoms with Crippen LogP contribution in [0.3, 0.4) is 0 Å². The van der Waals surface area contributed by atoms with E-state index in [9.17, 15) is 0 Å². The first-order valence-corrected chi connectivity index (χ1v) is 7.59. The van der Waals surface area contributed by atoms with E-state index in [1.54, 1.807) is 0 Å². The molecule has 0 radical (unpaired) electrons. The lowest BCUT2D eigenvalue weighted by molar-refractivity contribution is 0.486. The van der Waals surface area contributed by atoms with Gasteiger partial charge < -0.3 is 10.6 Å². The molecule has 3 heteroatoms. The summed E-state index contributed by atoms with van der Waals surface area (Å²) in [5.41, 5.74) is 9.33. The first kappa shape index (κ1) is 14.6. The quantitative estimate of drug-likeness (QED) is 0.805. The summed E-state index contributed by atoms with van der Waals surface area (Å²) >= 11 is 0. The highest BCUT2D eigenvalue weighted by molar-refractivity contribution is 5.97. The number of nitrogen functional groups attached to an aromatic ring is 1. The van der Waals surface area contributed by atoms with Gasteiger partial charge in [-0.2, -0.15) is 0 Å². The van der Waals surface area contributed by atoms with Crippen molar-refractivity contribution in [3.05, 3.63) is 30.5 Å². The molecule has 0 amide bonds. The number of fused-ring (bicyclic) bond motifs is 1. The summed E-state index contributed by atoms with van der Waals surface area (Å²) in [7, 11) is 0. The Labute approximate surface area is 121 Å². The number of anilines is 2. The van der Waals surface area contributed by atoms with E-state index in [0.717, 1.165) is 41.3 Å². The van der Waals surface area contributed by atoms with Crippen LogP contribution in [0.4, 0.5) is 11.4 Å². The fourth-order valence-electron chi connectivity index (χ4n) is 2.70. The van der Waals surface area contributed by atoms with Crippen LogP contribution in [0.25, 0.3) is 10.9 Å². The van der Waals surface area contributed by atoms with Gasteiger partial charge in [0.2, 0.25) is 0 Å². The van der Waals surface area contributed by atoms with Crippen molar-refractivity contribution in [2.45, 2.75) is 33.6 Å². The maximum Gasteiger partial charge on any atom is 0.0724 e. The molecule has 0 aliphatic rings. The van der Waals surface area contributed by atoms with Gasteiger partial charge in [0, 0.05) is 24.7 Å². The van der Waals surface area contributed by atoms with E-state index >= 15 is 0 Å². The number of rotatable bonds is 6. The molecule has 3 nitrogen and oxygen atoms in total. The molecule has 0 spiro atoms. The van der Waals surface area contributed by atoms with Crippen molar-refractivity contribution in [3.63, 3.8) is 0 Å². The molecule has 0 aliphatic carbocycles. The van der Waals surface area contributed by atoms with E-state index in [2.05, 4.69) is 42.8 Å². The summed E-state index contributed by atoms with van der Waals surface area (Å²) in [4.78, 5) is 6.75. The fourth-order valence-corrected chi connectivity index (χ4v) is 2.70. The standard InChI is InChI=1S/C17H25N3/c1-4-13(5-2)12-20(6-3)16-10-9-15-14(17(16)18)8-7-11-19-15/h7-11,13H,4-6,12,18H2,1-3H3. The largest absolute Gasteiger partial charge is 0.396 e. The van der Waals surface area contributed by atoms with Crippen LogP contribution in [-0.4, -0.2) is 18.1 Å². The molecule has 108 valence electrons. The molecule has 1 aromatic carbocycles. The third-order valence-electron chi connectivity index (χ3n) is 4.16. The van der Waals surface area contributed by atoms with Gasteiger partial charge >= 0.3 is 0 Å². The highest BCUT2D eigenvalue weighted by atomic mass is 15.1. The normalized spacial score (nSPS) is 11.2. The van der Waals surface area contributed by atoms with E-state index in [1.165, 1.54) is 12.8 Å². The highest BCUT2D eigenvalue weighted by Gasteiger charge is 2.14. The van der Waals surface area contributed by atoms with Gasteiger partial charge in [-0.1, -0.05) is 26.7 Å². The van der Waals surface area contributed by atoms with Crippen LogP contribution >= 0.6 is 0 Å². The molecule has 2 rings (SSSR count). The van der Waals surface area contributed by atoms with E-state index in [-0.39, 0.29) is 0 Å². The smallest absolute Gasteiger partial charge is 0.0724 e. The van der Waals surface area contributed by atoms with Crippen LogP contribution in [0, 0.1) is 5.92 Å². The molecule has 0 bridgehead atoms. The van der Waals surface area contributed by atoms with Crippen molar-refractivity contribution < 1.29 is 0 Å². The van der Waals surface area contributed by atoms with Gasteiger partial charge in [-0.25, -0.2) is 0 Å². The number of pyridine rings is 1. The lowest BCUT2D eigenvalue weighted by Crippen LogP contribution is -2.29. The van der Waals surface area contributed by atoms with Gasteiger partial charge in [0.1, 0.15) is 0 Å². The minimum Gasteiger partial charge on any atom is -0.396 e. The second kappa shape index (κ2) is 6.60. The van der Waals surface area contributed by atoms with Crippen molar-refractivity contribution >= 4 is 22.3 Å². The Kier molecular flexibility index (Phi) is 4.83. The fraction of sp³-hybridized carbons (Fsp3) is 0.471.